The van der Waals surface area contributed by atoms with Crippen LogP contribution in [0.1, 0.15) is 26.2 Å². The first-order chi connectivity index (χ1) is 9.83. The molecule has 0 spiro atoms. The van der Waals surface area contributed by atoms with Crippen molar-refractivity contribution in [3.63, 3.8) is 0 Å². The second-order valence-electron chi connectivity index (χ2n) is 5.27. The van der Waals surface area contributed by atoms with E-state index in [1.807, 2.05) is 6.92 Å². The Morgan fingerprint density at radius 3 is 2.38 bits per heavy atom. The molecule has 7 heteroatoms. The van der Waals surface area contributed by atoms with Crippen molar-refractivity contribution in [2.75, 3.05) is 13.1 Å². The van der Waals surface area contributed by atoms with Gasteiger partial charge in [0.15, 0.2) is 0 Å². The van der Waals surface area contributed by atoms with E-state index in [1.54, 1.807) is 12.1 Å². The third-order valence-electron chi connectivity index (χ3n) is 4.26. The fourth-order valence-corrected chi connectivity index (χ4v) is 4.60. The summed E-state index contributed by atoms with van der Waals surface area (Å²) in [5.74, 6) is -0.847. The maximum Gasteiger partial charge on any atom is 0.309 e. The molecule has 116 valence electrons. The molecule has 1 heterocycles. The van der Waals surface area contributed by atoms with Crippen LogP contribution < -0.4 is 0 Å². The predicted octanol–water partition coefficient (Wildman–Crippen LogP) is 2.61. The third kappa shape index (κ3) is 2.93. The standard InChI is InChI=1S/C14H18ClNO4S/c1-2-14(13(17)18)7-9-16(10-8-14)21(19,20)12-6-4-3-5-11(12)15/h3-6H,2,7-10H2,1H3,(H,17,18). The van der Waals surface area contributed by atoms with Gasteiger partial charge in [-0.2, -0.15) is 4.31 Å². The first-order valence-electron chi connectivity index (χ1n) is 6.81. The summed E-state index contributed by atoms with van der Waals surface area (Å²) >= 11 is 5.96. The molecule has 21 heavy (non-hydrogen) atoms. The Morgan fingerprint density at radius 2 is 1.90 bits per heavy atom. The summed E-state index contributed by atoms with van der Waals surface area (Å²) in [6.45, 7) is 2.23. The van der Waals surface area contributed by atoms with E-state index in [1.165, 1.54) is 16.4 Å². The highest BCUT2D eigenvalue weighted by molar-refractivity contribution is 7.89. The Kier molecular flexibility index (Phi) is 4.60. The highest BCUT2D eigenvalue weighted by Crippen LogP contribution is 2.37. The van der Waals surface area contributed by atoms with E-state index in [0.717, 1.165) is 0 Å². The summed E-state index contributed by atoms with van der Waals surface area (Å²) in [6.07, 6.45) is 1.15. The molecule has 0 amide bonds. The maximum atomic E-state index is 12.6. The molecule has 1 saturated heterocycles. The summed E-state index contributed by atoms with van der Waals surface area (Å²) in [6, 6.07) is 6.29. The van der Waals surface area contributed by atoms with Crippen LogP contribution in [0.4, 0.5) is 0 Å². The molecule has 0 aliphatic carbocycles. The van der Waals surface area contributed by atoms with Crippen LogP contribution in [0.2, 0.25) is 5.02 Å². The lowest BCUT2D eigenvalue weighted by molar-refractivity contribution is -0.151. The number of sulfonamides is 1. The largest absolute Gasteiger partial charge is 0.481 e. The van der Waals surface area contributed by atoms with Gasteiger partial charge < -0.3 is 5.11 Å². The van der Waals surface area contributed by atoms with Crippen molar-refractivity contribution in [1.29, 1.82) is 0 Å². The highest BCUT2D eigenvalue weighted by Gasteiger charge is 2.42. The molecular weight excluding hydrogens is 314 g/mol. The minimum atomic E-state index is -3.67. The van der Waals surface area contributed by atoms with Gasteiger partial charge in [0.1, 0.15) is 4.90 Å². The number of nitrogens with zero attached hydrogens (tertiary/aromatic N) is 1. The van der Waals surface area contributed by atoms with Gasteiger partial charge in [0, 0.05) is 13.1 Å². The fraction of sp³-hybridized carbons (Fsp3) is 0.500. The smallest absolute Gasteiger partial charge is 0.309 e. The number of carboxylic acids is 1. The van der Waals surface area contributed by atoms with Gasteiger partial charge in [-0.3, -0.25) is 4.79 Å². The molecule has 0 aromatic heterocycles. The molecule has 1 aromatic carbocycles. The van der Waals surface area contributed by atoms with Crippen LogP contribution in [-0.4, -0.2) is 36.9 Å². The van der Waals surface area contributed by atoms with E-state index in [2.05, 4.69) is 0 Å². The number of benzene rings is 1. The van der Waals surface area contributed by atoms with Gasteiger partial charge in [0.2, 0.25) is 10.0 Å². The second-order valence-corrected chi connectivity index (χ2v) is 7.59. The normalized spacial score (nSPS) is 19.3. The second kappa shape index (κ2) is 5.94. The van der Waals surface area contributed by atoms with Gasteiger partial charge in [0.25, 0.3) is 0 Å². The zero-order valence-corrected chi connectivity index (χ0v) is 13.3. The lowest BCUT2D eigenvalue weighted by atomic mass is 9.77. The average molecular weight is 332 g/mol. The predicted molar refractivity (Wildman–Crippen MR) is 79.8 cm³/mol. The number of hydrogen-bond donors (Lipinski definition) is 1. The fourth-order valence-electron chi connectivity index (χ4n) is 2.67. The van der Waals surface area contributed by atoms with Gasteiger partial charge in [-0.15, -0.1) is 0 Å². The Hall–Kier alpha value is -1.11. The van der Waals surface area contributed by atoms with E-state index in [9.17, 15) is 18.3 Å². The van der Waals surface area contributed by atoms with Gasteiger partial charge in [0.05, 0.1) is 10.4 Å². The quantitative estimate of drug-likeness (QED) is 0.920. The lowest BCUT2D eigenvalue weighted by Crippen LogP contribution is -2.46. The molecule has 0 bridgehead atoms. The van der Waals surface area contributed by atoms with Crippen LogP contribution in [0.5, 0.6) is 0 Å². The number of rotatable bonds is 4. The molecule has 1 aliphatic heterocycles. The van der Waals surface area contributed by atoms with Crippen molar-refractivity contribution >= 4 is 27.6 Å². The Bertz CT molecular complexity index is 636. The number of carbonyl (C=O) groups is 1. The molecule has 0 atom stereocenters. The Balaban J connectivity index is 2.23. The minimum Gasteiger partial charge on any atom is -0.481 e. The van der Waals surface area contributed by atoms with Crippen molar-refractivity contribution in [1.82, 2.24) is 4.31 Å². The monoisotopic (exact) mass is 331 g/mol. The minimum absolute atomic E-state index is 0.0750. The Labute approximate surface area is 129 Å². The summed E-state index contributed by atoms with van der Waals surface area (Å²) in [5.41, 5.74) is -0.813. The van der Waals surface area contributed by atoms with Crippen molar-refractivity contribution in [2.24, 2.45) is 5.41 Å². The SMILES string of the molecule is CCC1(C(=O)O)CCN(S(=O)(=O)c2ccccc2Cl)CC1. The Morgan fingerprint density at radius 1 is 1.33 bits per heavy atom. The number of halogens is 1. The van der Waals surface area contributed by atoms with E-state index in [4.69, 9.17) is 11.6 Å². The summed E-state index contributed by atoms with van der Waals surface area (Å²) in [4.78, 5) is 11.5. The van der Waals surface area contributed by atoms with E-state index >= 15 is 0 Å². The number of hydrogen-bond acceptors (Lipinski definition) is 3. The van der Waals surface area contributed by atoms with Gasteiger partial charge >= 0.3 is 5.97 Å². The maximum absolute atomic E-state index is 12.6. The van der Waals surface area contributed by atoms with E-state index < -0.39 is 21.4 Å². The summed E-state index contributed by atoms with van der Waals surface area (Å²) < 4.78 is 26.5. The molecule has 1 aromatic rings. The van der Waals surface area contributed by atoms with Gasteiger partial charge in [-0.25, -0.2) is 8.42 Å². The molecule has 1 N–H and O–H groups in total. The van der Waals surface area contributed by atoms with Crippen molar-refractivity contribution in [3.05, 3.63) is 29.3 Å². The third-order valence-corrected chi connectivity index (χ3v) is 6.66. The lowest BCUT2D eigenvalue weighted by Gasteiger charge is -2.37. The molecule has 1 fully saturated rings. The molecule has 0 radical (unpaired) electrons. The zero-order chi connectivity index (χ0) is 15.7. The number of carboxylic acid groups (broad SMARTS) is 1. The van der Waals surface area contributed by atoms with Crippen LogP contribution in [0.3, 0.4) is 0 Å². The molecule has 1 aliphatic rings. The van der Waals surface area contributed by atoms with Crippen molar-refractivity contribution in [3.8, 4) is 0 Å². The molecule has 0 saturated carbocycles. The summed E-state index contributed by atoms with van der Waals surface area (Å²) in [7, 11) is -3.67. The molecule has 5 nitrogen and oxygen atoms in total. The van der Waals surface area contributed by atoms with Crippen LogP contribution >= 0.6 is 11.6 Å². The zero-order valence-electron chi connectivity index (χ0n) is 11.8. The number of piperidine rings is 1. The topological polar surface area (TPSA) is 74.7 Å². The summed E-state index contributed by atoms with van der Waals surface area (Å²) in [5, 5.41) is 9.53. The van der Waals surface area contributed by atoms with Gasteiger partial charge in [-0.1, -0.05) is 30.7 Å². The van der Waals surface area contributed by atoms with Crippen molar-refractivity contribution in [2.45, 2.75) is 31.1 Å². The van der Waals surface area contributed by atoms with Crippen LogP contribution in [0.25, 0.3) is 0 Å². The molecule has 0 unspecified atom stereocenters. The van der Waals surface area contributed by atoms with Crippen molar-refractivity contribution < 1.29 is 18.3 Å². The number of aliphatic carboxylic acids is 1. The van der Waals surface area contributed by atoms with E-state index in [-0.39, 0.29) is 23.0 Å². The highest BCUT2D eigenvalue weighted by atomic mass is 35.5. The molecule has 2 rings (SSSR count). The van der Waals surface area contributed by atoms with E-state index in [0.29, 0.717) is 19.3 Å². The first-order valence-corrected chi connectivity index (χ1v) is 8.63. The van der Waals surface area contributed by atoms with Gasteiger partial charge in [-0.05, 0) is 31.4 Å². The first kappa shape index (κ1) is 16.3. The average Bonchev–Trinajstić information content (AvgIpc) is 2.47. The molecular formula is C14H18ClNO4S. The van der Waals surface area contributed by atoms with Crippen LogP contribution in [-0.2, 0) is 14.8 Å². The van der Waals surface area contributed by atoms with Crippen LogP contribution in [0, 0.1) is 5.41 Å². The van der Waals surface area contributed by atoms with Crippen LogP contribution in [0.15, 0.2) is 29.2 Å².